The highest BCUT2D eigenvalue weighted by Crippen LogP contribution is 2.14. The highest BCUT2D eigenvalue weighted by atomic mass is 32.2. The molecule has 1 aromatic rings. The van der Waals surface area contributed by atoms with Gasteiger partial charge in [0.05, 0.1) is 6.04 Å². The minimum Gasteiger partial charge on any atom is -0.305 e. The minimum absolute atomic E-state index is 0.0191. The van der Waals surface area contributed by atoms with Crippen LogP contribution in [0, 0.1) is 0 Å². The number of nitrogens with one attached hydrogen (secondary N) is 1. The standard InChI is InChI=1S/C13H14N2O2S/c1-9-7-11(16)15-13(14-9)18-12(17)8-10-5-3-2-4-6-10/h2-6,9H,7-8H2,1H3,(H,14,15,16)/t9-/m0/s1. The lowest BCUT2D eigenvalue weighted by atomic mass is 10.2. The van der Waals surface area contributed by atoms with Crippen LogP contribution in [0.2, 0.25) is 0 Å². The third-order valence-electron chi connectivity index (χ3n) is 2.47. The summed E-state index contributed by atoms with van der Waals surface area (Å²) < 4.78 is 0. The SMILES string of the molecule is C[C@H]1CC(=O)NC(SC(=O)Cc2ccccc2)=N1. The first-order chi connectivity index (χ1) is 8.63. The number of hydrogen-bond donors (Lipinski definition) is 1. The van der Waals surface area contributed by atoms with Gasteiger partial charge in [-0.2, -0.15) is 0 Å². The van der Waals surface area contributed by atoms with Gasteiger partial charge < -0.3 is 5.32 Å². The van der Waals surface area contributed by atoms with E-state index in [1.165, 1.54) is 0 Å². The summed E-state index contributed by atoms with van der Waals surface area (Å²) in [5.41, 5.74) is 0.964. The maximum atomic E-state index is 11.8. The van der Waals surface area contributed by atoms with Gasteiger partial charge in [0.1, 0.15) is 0 Å². The van der Waals surface area contributed by atoms with E-state index in [-0.39, 0.29) is 17.1 Å². The highest BCUT2D eigenvalue weighted by molar-refractivity contribution is 8.26. The van der Waals surface area contributed by atoms with Crippen molar-refractivity contribution in [1.29, 1.82) is 0 Å². The Morgan fingerprint density at radius 3 is 2.83 bits per heavy atom. The van der Waals surface area contributed by atoms with Gasteiger partial charge in [-0.1, -0.05) is 30.3 Å². The van der Waals surface area contributed by atoms with Gasteiger partial charge in [0, 0.05) is 12.8 Å². The third kappa shape index (κ3) is 3.70. The first-order valence-corrected chi connectivity index (χ1v) is 6.57. The second-order valence-corrected chi connectivity index (χ2v) is 5.22. The van der Waals surface area contributed by atoms with Crippen LogP contribution >= 0.6 is 11.8 Å². The molecule has 1 heterocycles. The number of benzene rings is 1. The Morgan fingerprint density at radius 1 is 1.44 bits per heavy atom. The average molecular weight is 262 g/mol. The zero-order valence-corrected chi connectivity index (χ0v) is 10.9. The van der Waals surface area contributed by atoms with Gasteiger partial charge in [-0.25, -0.2) is 0 Å². The fourth-order valence-corrected chi connectivity index (χ4v) is 2.53. The molecule has 0 unspecified atom stereocenters. The molecule has 1 aliphatic rings. The Morgan fingerprint density at radius 2 is 2.17 bits per heavy atom. The molecule has 94 valence electrons. The molecular weight excluding hydrogens is 248 g/mol. The van der Waals surface area contributed by atoms with E-state index < -0.39 is 0 Å². The third-order valence-corrected chi connectivity index (χ3v) is 3.24. The van der Waals surface area contributed by atoms with E-state index in [1.807, 2.05) is 37.3 Å². The van der Waals surface area contributed by atoms with Gasteiger partial charge >= 0.3 is 0 Å². The van der Waals surface area contributed by atoms with Crippen LogP contribution in [0.25, 0.3) is 0 Å². The topological polar surface area (TPSA) is 58.5 Å². The van der Waals surface area contributed by atoms with Gasteiger partial charge in [-0.05, 0) is 24.2 Å². The zero-order chi connectivity index (χ0) is 13.0. The molecule has 1 amide bonds. The maximum absolute atomic E-state index is 11.8. The summed E-state index contributed by atoms with van der Waals surface area (Å²) in [6.45, 7) is 1.86. The number of carbonyl (C=O) groups excluding carboxylic acids is 2. The van der Waals surface area contributed by atoms with Crippen molar-refractivity contribution in [1.82, 2.24) is 5.32 Å². The molecule has 0 aromatic heterocycles. The van der Waals surface area contributed by atoms with E-state index in [1.54, 1.807) is 0 Å². The van der Waals surface area contributed by atoms with Crippen molar-refractivity contribution in [3.63, 3.8) is 0 Å². The first-order valence-electron chi connectivity index (χ1n) is 5.76. The van der Waals surface area contributed by atoms with E-state index in [4.69, 9.17) is 0 Å². The van der Waals surface area contributed by atoms with Crippen molar-refractivity contribution in [3.05, 3.63) is 35.9 Å². The summed E-state index contributed by atoms with van der Waals surface area (Å²) in [4.78, 5) is 27.4. The van der Waals surface area contributed by atoms with Gasteiger partial charge in [-0.15, -0.1) is 0 Å². The molecule has 0 saturated heterocycles. The molecule has 1 aliphatic heterocycles. The minimum atomic E-state index is -0.0764. The van der Waals surface area contributed by atoms with E-state index in [2.05, 4.69) is 10.3 Å². The molecule has 0 aliphatic carbocycles. The summed E-state index contributed by atoms with van der Waals surface area (Å²) in [7, 11) is 0. The van der Waals surface area contributed by atoms with Gasteiger partial charge in [0.15, 0.2) is 5.17 Å². The van der Waals surface area contributed by atoms with Crippen LogP contribution < -0.4 is 5.32 Å². The predicted molar refractivity (Wildman–Crippen MR) is 72.4 cm³/mol. The number of rotatable bonds is 2. The highest BCUT2D eigenvalue weighted by Gasteiger charge is 2.19. The lowest BCUT2D eigenvalue weighted by Crippen LogP contribution is -2.36. The summed E-state index contributed by atoms with van der Waals surface area (Å²) in [6.07, 6.45) is 0.728. The molecule has 4 nitrogen and oxygen atoms in total. The van der Waals surface area contributed by atoms with Crippen LogP contribution in [0.1, 0.15) is 18.9 Å². The molecule has 18 heavy (non-hydrogen) atoms. The van der Waals surface area contributed by atoms with Gasteiger partial charge in [-0.3, -0.25) is 14.6 Å². The van der Waals surface area contributed by atoms with Crippen LogP contribution in [-0.2, 0) is 16.0 Å². The Labute approximate surface area is 110 Å². The van der Waals surface area contributed by atoms with E-state index in [9.17, 15) is 9.59 Å². The number of hydrogen-bond acceptors (Lipinski definition) is 4. The van der Waals surface area contributed by atoms with Crippen molar-refractivity contribution in [3.8, 4) is 0 Å². The normalized spacial score (nSPS) is 19.1. The van der Waals surface area contributed by atoms with E-state index in [0.29, 0.717) is 18.0 Å². The Kier molecular flexibility index (Phi) is 4.15. The molecule has 5 heteroatoms. The zero-order valence-electron chi connectivity index (χ0n) is 10.1. The lowest BCUT2D eigenvalue weighted by Gasteiger charge is -2.16. The first kappa shape index (κ1) is 12.8. The molecular formula is C13H14N2O2S. The van der Waals surface area contributed by atoms with Crippen molar-refractivity contribution in [2.24, 2.45) is 4.99 Å². The molecule has 2 rings (SSSR count). The molecule has 0 saturated carbocycles. The van der Waals surface area contributed by atoms with Crippen LogP contribution in [0.5, 0.6) is 0 Å². The Balaban J connectivity index is 1.94. The van der Waals surface area contributed by atoms with Crippen LogP contribution in [-0.4, -0.2) is 22.2 Å². The molecule has 0 radical (unpaired) electrons. The molecule has 1 aromatic carbocycles. The molecule has 0 fully saturated rings. The molecule has 1 atom stereocenters. The second-order valence-electron chi connectivity index (χ2n) is 4.17. The van der Waals surface area contributed by atoms with Crippen LogP contribution in [0.15, 0.2) is 35.3 Å². The molecule has 0 spiro atoms. The number of carbonyl (C=O) groups is 2. The Hall–Kier alpha value is -1.62. The summed E-state index contributed by atoms with van der Waals surface area (Å²) in [6, 6.07) is 9.47. The van der Waals surface area contributed by atoms with Crippen molar-refractivity contribution < 1.29 is 9.59 Å². The second kappa shape index (κ2) is 5.82. The molecule has 0 bridgehead atoms. The fraction of sp³-hybridized carbons (Fsp3) is 0.308. The summed E-state index contributed by atoms with van der Waals surface area (Å²) in [5.74, 6) is -0.0764. The van der Waals surface area contributed by atoms with Crippen LogP contribution in [0.3, 0.4) is 0 Å². The largest absolute Gasteiger partial charge is 0.305 e. The number of thioether (sulfide) groups is 1. The Bertz CT molecular complexity index is 485. The summed E-state index contributed by atoms with van der Waals surface area (Å²) >= 11 is 1.00. The van der Waals surface area contributed by atoms with Gasteiger partial charge in [0.2, 0.25) is 11.0 Å². The number of amides is 1. The molecule has 1 N–H and O–H groups in total. The van der Waals surface area contributed by atoms with Crippen molar-refractivity contribution in [2.75, 3.05) is 0 Å². The number of nitrogens with zero attached hydrogens (tertiary/aromatic N) is 1. The van der Waals surface area contributed by atoms with Gasteiger partial charge in [0.25, 0.3) is 0 Å². The number of aliphatic imine (C=N–C) groups is 1. The quantitative estimate of drug-likeness (QED) is 0.883. The fourth-order valence-electron chi connectivity index (χ4n) is 1.67. The van der Waals surface area contributed by atoms with E-state index in [0.717, 1.165) is 17.3 Å². The van der Waals surface area contributed by atoms with Crippen LogP contribution in [0.4, 0.5) is 0 Å². The lowest BCUT2D eigenvalue weighted by molar-refractivity contribution is -0.120. The van der Waals surface area contributed by atoms with Crippen molar-refractivity contribution >= 4 is 28.0 Å². The smallest absolute Gasteiger partial charge is 0.228 e. The monoisotopic (exact) mass is 262 g/mol. The average Bonchev–Trinajstić information content (AvgIpc) is 2.28. The van der Waals surface area contributed by atoms with Crippen molar-refractivity contribution in [2.45, 2.75) is 25.8 Å². The predicted octanol–water partition coefficient (Wildman–Crippen LogP) is 1.75. The van der Waals surface area contributed by atoms with E-state index >= 15 is 0 Å². The number of amidine groups is 1. The maximum Gasteiger partial charge on any atom is 0.228 e. The summed E-state index contributed by atoms with van der Waals surface area (Å²) in [5, 5.41) is 3.01.